The maximum Gasteiger partial charge on any atom is 0.307 e. The molecule has 27 heavy (non-hydrogen) atoms. The van der Waals surface area contributed by atoms with Crippen LogP contribution in [0.2, 0.25) is 5.02 Å². The van der Waals surface area contributed by atoms with Crippen LogP contribution in [0.1, 0.15) is 28.5 Å². The number of thiophene rings is 1. The smallest absolute Gasteiger partial charge is 0.307 e. The highest BCUT2D eigenvalue weighted by Gasteiger charge is 2.37. The lowest BCUT2D eigenvalue weighted by Gasteiger charge is -2.12. The number of fused-ring (bicyclic) bond motifs is 3. The maximum atomic E-state index is 14.7. The van der Waals surface area contributed by atoms with E-state index in [-0.39, 0.29) is 10.6 Å². The first-order valence-corrected chi connectivity index (χ1v) is 9.54. The fourth-order valence-electron chi connectivity index (χ4n) is 3.54. The van der Waals surface area contributed by atoms with Gasteiger partial charge in [-0.3, -0.25) is 9.79 Å². The number of benzene rings is 1. The summed E-state index contributed by atoms with van der Waals surface area (Å²) in [5.74, 6) is 4.14. The van der Waals surface area contributed by atoms with Gasteiger partial charge >= 0.3 is 5.97 Å². The monoisotopic (exact) mass is 406 g/mol. The molecule has 4 rings (SSSR count). The highest BCUT2D eigenvalue weighted by atomic mass is 35.5. The molecule has 0 spiro atoms. The minimum absolute atomic E-state index is 0.201. The number of aliphatic imine (C=N–C) groups is 1. The van der Waals surface area contributed by atoms with Gasteiger partial charge in [-0.05, 0) is 37.5 Å². The Morgan fingerprint density at radius 3 is 2.89 bits per heavy atom. The van der Waals surface area contributed by atoms with Crippen LogP contribution in [0.4, 0.5) is 9.39 Å². The minimum atomic E-state index is -0.839. The third-order valence-electron chi connectivity index (χ3n) is 4.86. The van der Waals surface area contributed by atoms with Crippen molar-refractivity contribution in [3.8, 4) is 0 Å². The zero-order valence-electron chi connectivity index (χ0n) is 14.3. The fourth-order valence-corrected chi connectivity index (χ4v) is 5.11. The van der Waals surface area contributed by atoms with E-state index in [0.29, 0.717) is 30.0 Å². The number of nitrogens with one attached hydrogen (secondary N) is 1. The molecule has 0 radical (unpaired) electrons. The van der Waals surface area contributed by atoms with Gasteiger partial charge < -0.3 is 16.3 Å². The van der Waals surface area contributed by atoms with Crippen molar-refractivity contribution in [2.75, 3.05) is 5.32 Å². The summed E-state index contributed by atoms with van der Waals surface area (Å²) in [6, 6.07) is 4.03. The number of carboxylic acids is 1. The van der Waals surface area contributed by atoms with Crippen LogP contribution in [0.25, 0.3) is 0 Å². The van der Waals surface area contributed by atoms with Crippen molar-refractivity contribution in [3.63, 3.8) is 0 Å². The summed E-state index contributed by atoms with van der Waals surface area (Å²) in [5, 5.41) is 17.3. The quantitative estimate of drug-likeness (QED) is 0.526. The van der Waals surface area contributed by atoms with Gasteiger partial charge in [0.05, 0.1) is 22.2 Å². The van der Waals surface area contributed by atoms with Gasteiger partial charge in [0.2, 0.25) is 0 Å². The molecule has 6 nitrogen and oxygen atoms in total. The zero-order valence-corrected chi connectivity index (χ0v) is 15.9. The number of nitrogens with zero attached hydrogens (tertiary/aromatic N) is 2. The molecule has 4 N–H and O–H groups in total. The molecule has 1 aromatic carbocycles. The Morgan fingerprint density at radius 2 is 2.22 bits per heavy atom. The summed E-state index contributed by atoms with van der Waals surface area (Å²) >= 11 is 7.74. The Bertz CT molecular complexity index is 997. The molecule has 0 saturated heterocycles. The minimum Gasteiger partial charge on any atom is -0.481 e. The number of carboxylic acid groups (broad SMARTS) is 1. The van der Waals surface area contributed by atoms with E-state index >= 15 is 0 Å². The number of rotatable bonds is 2. The predicted molar refractivity (Wildman–Crippen MR) is 105 cm³/mol. The molecule has 0 bridgehead atoms. The first-order chi connectivity index (χ1) is 12.9. The highest BCUT2D eigenvalue weighted by molar-refractivity contribution is 7.17. The van der Waals surface area contributed by atoms with Crippen LogP contribution in [0, 0.1) is 11.7 Å². The number of amidine groups is 1. The van der Waals surface area contributed by atoms with Crippen LogP contribution in [0.5, 0.6) is 0 Å². The van der Waals surface area contributed by atoms with Gasteiger partial charge in [-0.15, -0.1) is 11.3 Å². The first kappa shape index (κ1) is 17.9. The number of anilines is 1. The average Bonchev–Trinajstić information content (AvgIpc) is 3.12. The molecule has 9 heteroatoms. The molecule has 0 fully saturated rings. The summed E-state index contributed by atoms with van der Waals surface area (Å²) in [6.07, 6.45) is 0.805. The third kappa shape index (κ3) is 2.89. The molecule has 2 atom stereocenters. The number of carbonyl (C=O) groups is 1. The van der Waals surface area contributed by atoms with Crippen LogP contribution >= 0.6 is 22.9 Å². The second kappa shape index (κ2) is 6.61. The van der Waals surface area contributed by atoms with E-state index in [0.717, 1.165) is 15.4 Å². The summed E-state index contributed by atoms with van der Waals surface area (Å²) in [4.78, 5) is 17.1. The molecule has 2 aliphatic rings. The number of hydrogen-bond donors (Lipinski definition) is 3. The zero-order chi connectivity index (χ0) is 19.3. The van der Waals surface area contributed by atoms with Gasteiger partial charge in [0, 0.05) is 10.4 Å². The topological polar surface area (TPSA) is 100 Å². The van der Waals surface area contributed by atoms with Crippen molar-refractivity contribution in [2.24, 2.45) is 21.9 Å². The molecular formula is C18H16ClFN4O2S. The molecule has 140 valence electrons. The average molecular weight is 407 g/mol. The van der Waals surface area contributed by atoms with Gasteiger partial charge in [0.25, 0.3) is 0 Å². The lowest BCUT2D eigenvalue weighted by molar-refractivity contribution is -0.141. The van der Waals surface area contributed by atoms with E-state index in [1.165, 1.54) is 23.5 Å². The fraction of sp³-hybridized carbons (Fsp3) is 0.278. The van der Waals surface area contributed by atoms with Crippen LogP contribution < -0.4 is 11.2 Å². The van der Waals surface area contributed by atoms with Gasteiger partial charge in [0.15, 0.2) is 5.84 Å². The lowest BCUT2D eigenvalue weighted by Crippen LogP contribution is -2.24. The van der Waals surface area contributed by atoms with Crippen molar-refractivity contribution < 1.29 is 14.3 Å². The van der Waals surface area contributed by atoms with E-state index in [9.17, 15) is 14.3 Å². The molecule has 0 saturated carbocycles. The standard InChI is InChI=1S/C18H16ClFN4O2S/c1-7-16(24-21)23-17-13(9-5-8(18(25)26)6-12(9)27-17)15(22-7)14-10(19)3-2-4-11(14)20/h2-4,7-8H,5-6,21H2,1H3,(H,23,24)(H,25,26). The number of halogens is 2. The van der Waals surface area contributed by atoms with Crippen LogP contribution in [0.3, 0.4) is 0 Å². The maximum absolute atomic E-state index is 14.7. The number of aliphatic carboxylic acids is 1. The molecule has 0 amide bonds. The molecule has 2 heterocycles. The first-order valence-electron chi connectivity index (χ1n) is 8.35. The Balaban J connectivity index is 1.96. The normalized spacial score (nSPS) is 22.6. The molecule has 2 unspecified atom stereocenters. The van der Waals surface area contributed by atoms with Gasteiger partial charge in [-0.2, -0.15) is 5.10 Å². The van der Waals surface area contributed by atoms with Crippen LogP contribution in [-0.2, 0) is 17.6 Å². The largest absolute Gasteiger partial charge is 0.481 e. The highest BCUT2D eigenvalue weighted by Crippen LogP contribution is 2.44. The lowest BCUT2D eigenvalue weighted by atomic mass is 9.97. The van der Waals surface area contributed by atoms with E-state index in [1.807, 2.05) is 0 Å². The van der Waals surface area contributed by atoms with Gasteiger partial charge in [-0.25, -0.2) is 4.39 Å². The van der Waals surface area contributed by atoms with E-state index in [2.05, 4.69) is 15.4 Å². The number of hydrogen-bond acceptors (Lipinski definition) is 5. The van der Waals surface area contributed by atoms with E-state index in [4.69, 9.17) is 17.4 Å². The Labute approximate surface area is 163 Å². The molecule has 2 aromatic rings. The second-order valence-electron chi connectivity index (χ2n) is 6.54. The Hall–Kier alpha value is -2.45. The number of nitrogens with two attached hydrogens (primary N) is 1. The third-order valence-corrected chi connectivity index (χ3v) is 6.34. The summed E-state index contributed by atoms with van der Waals surface area (Å²) in [7, 11) is 0. The van der Waals surface area contributed by atoms with E-state index in [1.54, 1.807) is 13.0 Å². The van der Waals surface area contributed by atoms with Crippen molar-refractivity contribution in [3.05, 3.63) is 50.6 Å². The summed E-state index contributed by atoms with van der Waals surface area (Å²) in [5.41, 5.74) is 2.16. The second-order valence-corrected chi connectivity index (χ2v) is 8.05. The Morgan fingerprint density at radius 1 is 1.44 bits per heavy atom. The molecule has 1 aliphatic carbocycles. The predicted octanol–water partition coefficient (Wildman–Crippen LogP) is 3.26. The van der Waals surface area contributed by atoms with Crippen LogP contribution in [0.15, 0.2) is 28.3 Å². The molecule has 1 aliphatic heterocycles. The summed E-state index contributed by atoms with van der Waals surface area (Å²) in [6.45, 7) is 1.80. The van der Waals surface area contributed by atoms with E-state index < -0.39 is 23.7 Å². The van der Waals surface area contributed by atoms with Gasteiger partial charge in [-0.1, -0.05) is 17.7 Å². The van der Waals surface area contributed by atoms with Gasteiger partial charge in [0.1, 0.15) is 16.9 Å². The van der Waals surface area contributed by atoms with Crippen molar-refractivity contribution in [1.82, 2.24) is 0 Å². The van der Waals surface area contributed by atoms with Crippen molar-refractivity contribution >= 4 is 45.5 Å². The number of hydrazone groups is 1. The molecular weight excluding hydrogens is 391 g/mol. The van der Waals surface area contributed by atoms with Crippen molar-refractivity contribution in [2.45, 2.75) is 25.8 Å². The van der Waals surface area contributed by atoms with Crippen molar-refractivity contribution in [1.29, 1.82) is 0 Å². The summed E-state index contributed by atoms with van der Waals surface area (Å²) < 4.78 is 14.7. The SMILES string of the molecule is CC1N=C(c2c(F)cccc2Cl)c2c(sc3c2CC(C(=O)O)C3)NC1=NN. The molecule has 1 aromatic heterocycles. The van der Waals surface area contributed by atoms with Crippen LogP contribution in [-0.4, -0.2) is 28.7 Å². The Kier molecular flexibility index (Phi) is 4.39.